The van der Waals surface area contributed by atoms with Crippen LogP contribution in [0.1, 0.15) is 22.8 Å². The highest BCUT2D eigenvalue weighted by Gasteiger charge is 2.07. The Morgan fingerprint density at radius 3 is 2.63 bits per heavy atom. The van der Waals surface area contributed by atoms with E-state index in [-0.39, 0.29) is 5.78 Å². The van der Waals surface area contributed by atoms with Gasteiger partial charge in [-0.3, -0.25) is 4.79 Å². The molecule has 0 aliphatic carbocycles. The Labute approximate surface area is 117 Å². The van der Waals surface area contributed by atoms with Gasteiger partial charge in [0.2, 0.25) is 0 Å². The van der Waals surface area contributed by atoms with Crippen LogP contribution in [0.5, 0.6) is 0 Å². The summed E-state index contributed by atoms with van der Waals surface area (Å²) >= 11 is 6.13. The van der Waals surface area contributed by atoms with Crippen LogP contribution in [0.15, 0.2) is 36.4 Å². The highest BCUT2D eigenvalue weighted by atomic mass is 35.5. The van der Waals surface area contributed by atoms with Crippen LogP contribution in [0.25, 0.3) is 0 Å². The number of rotatable bonds is 3. The highest BCUT2D eigenvalue weighted by Crippen LogP contribution is 2.28. The monoisotopic (exact) mass is 274 g/mol. The summed E-state index contributed by atoms with van der Waals surface area (Å²) in [4.78, 5) is 11.5. The predicted molar refractivity (Wildman–Crippen MR) is 80.3 cm³/mol. The third-order valence-corrected chi connectivity index (χ3v) is 3.16. The first-order valence-corrected chi connectivity index (χ1v) is 6.29. The van der Waals surface area contributed by atoms with Gasteiger partial charge in [0.05, 0.1) is 10.7 Å². The van der Waals surface area contributed by atoms with Crippen molar-refractivity contribution in [3.05, 3.63) is 52.5 Å². The Balaban J connectivity index is 2.36. The average molecular weight is 275 g/mol. The molecule has 3 N–H and O–H groups in total. The largest absolute Gasteiger partial charge is 0.398 e. The summed E-state index contributed by atoms with van der Waals surface area (Å²) in [5, 5.41) is 3.83. The maximum Gasteiger partial charge on any atom is 0.161 e. The molecule has 0 aliphatic rings. The fourth-order valence-electron chi connectivity index (χ4n) is 1.83. The van der Waals surface area contributed by atoms with Crippen LogP contribution in [-0.4, -0.2) is 5.78 Å². The smallest absolute Gasteiger partial charge is 0.161 e. The van der Waals surface area contributed by atoms with Crippen LogP contribution in [0, 0.1) is 6.92 Å². The molecule has 0 fully saturated rings. The Morgan fingerprint density at radius 1 is 1.21 bits per heavy atom. The maximum absolute atomic E-state index is 11.5. The van der Waals surface area contributed by atoms with Gasteiger partial charge in [-0.05, 0) is 49.7 Å². The number of nitrogens with two attached hydrogens (primary N) is 1. The molecule has 0 spiro atoms. The Kier molecular flexibility index (Phi) is 3.76. The number of hydrogen-bond donors (Lipinski definition) is 2. The fraction of sp³-hybridized carbons (Fsp3) is 0.133. The molecule has 0 unspecified atom stereocenters. The van der Waals surface area contributed by atoms with Gasteiger partial charge in [-0.25, -0.2) is 0 Å². The molecule has 0 radical (unpaired) electrons. The summed E-state index contributed by atoms with van der Waals surface area (Å²) in [6.07, 6.45) is 0. The second-order valence-electron chi connectivity index (χ2n) is 4.47. The van der Waals surface area contributed by atoms with Crippen molar-refractivity contribution in [2.24, 2.45) is 0 Å². The minimum Gasteiger partial charge on any atom is -0.398 e. The number of hydrogen-bond acceptors (Lipinski definition) is 3. The van der Waals surface area contributed by atoms with E-state index in [4.69, 9.17) is 17.3 Å². The summed E-state index contributed by atoms with van der Waals surface area (Å²) in [5.41, 5.74) is 9.45. The molecule has 3 nitrogen and oxygen atoms in total. The van der Waals surface area contributed by atoms with Crippen molar-refractivity contribution in [2.45, 2.75) is 13.8 Å². The first-order valence-electron chi connectivity index (χ1n) is 5.91. The number of nitrogen functional groups attached to an aromatic ring is 1. The number of halogens is 1. The Bertz CT molecular complexity index is 638. The van der Waals surface area contributed by atoms with Crippen molar-refractivity contribution in [3.8, 4) is 0 Å². The second kappa shape index (κ2) is 5.33. The number of nitrogens with one attached hydrogen (secondary N) is 1. The van der Waals surface area contributed by atoms with Crippen LogP contribution < -0.4 is 11.1 Å². The summed E-state index contributed by atoms with van der Waals surface area (Å²) in [6.45, 7) is 3.49. The van der Waals surface area contributed by atoms with E-state index in [2.05, 4.69) is 5.32 Å². The van der Waals surface area contributed by atoms with E-state index in [1.165, 1.54) is 6.92 Å². The van der Waals surface area contributed by atoms with Crippen LogP contribution in [-0.2, 0) is 0 Å². The number of anilines is 3. The molecule has 0 aliphatic heterocycles. The van der Waals surface area contributed by atoms with Gasteiger partial charge in [-0.15, -0.1) is 0 Å². The lowest BCUT2D eigenvalue weighted by Gasteiger charge is -2.11. The van der Waals surface area contributed by atoms with E-state index in [0.717, 1.165) is 16.9 Å². The predicted octanol–water partition coefficient (Wildman–Crippen LogP) is 4.18. The molecule has 2 rings (SSSR count). The number of aryl methyl sites for hydroxylation is 1. The van der Waals surface area contributed by atoms with Gasteiger partial charge in [-0.1, -0.05) is 17.7 Å². The van der Waals surface area contributed by atoms with Crippen molar-refractivity contribution in [1.82, 2.24) is 0 Å². The number of carbonyl (C=O) groups is 1. The average Bonchev–Trinajstić information content (AvgIpc) is 2.36. The molecule has 0 heterocycles. The van der Waals surface area contributed by atoms with Crippen molar-refractivity contribution >= 4 is 34.4 Å². The van der Waals surface area contributed by atoms with Crippen LogP contribution in [0.3, 0.4) is 0 Å². The SMILES string of the molecule is CC(=O)c1cc(Nc2cc(C)ccc2Cl)ccc1N. The third kappa shape index (κ3) is 3.06. The molecule has 2 aromatic carbocycles. The summed E-state index contributed by atoms with van der Waals surface area (Å²) in [5.74, 6) is -0.0588. The van der Waals surface area contributed by atoms with Crippen LogP contribution in [0.4, 0.5) is 17.1 Å². The lowest BCUT2D eigenvalue weighted by molar-refractivity contribution is 0.101. The number of ketones is 1. The van der Waals surface area contributed by atoms with E-state index >= 15 is 0 Å². The normalized spacial score (nSPS) is 10.3. The zero-order chi connectivity index (χ0) is 14.0. The Hall–Kier alpha value is -2.00. The van der Waals surface area contributed by atoms with Gasteiger partial charge in [-0.2, -0.15) is 0 Å². The molecule has 0 saturated heterocycles. The van der Waals surface area contributed by atoms with Crippen molar-refractivity contribution in [3.63, 3.8) is 0 Å². The minimum absolute atomic E-state index is 0.0588. The zero-order valence-electron chi connectivity index (χ0n) is 10.8. The van der Waals surface area contributed by atoms with Gasteiger partial charge in [0.1, 0.15) is 0 Å². The molecular weight excluding hydrogens is 260 g/mol. The molecule has 0 amide bonds. The van der Waals surface area contributed by atoms with Crippen LogP contribution >= 0.6 is 11.6 Å². The first-order chi connectivity index (χ1) is 8.97. The number of benzene rings is 2. The molecule has 19 heavy (non-hydrogen) atoms. The number of Topliss-reactive ketones (excluding diaryl/α,β-unsaturated/α-hetero) is 1. The molecular formula is C15H15ClN2O. The van der Waals surface area contributed by atoms with Crippen molar-refractivity contribution in [1.29, 1.82) is 0 Å². The topological polar surface area (TPSA) is 55.1 Å². The summed E-state index contributed by atoms with van der Waals surface area (Å²) < 4.78 is 0. The number of carbonyl (C=O) groups excluding carboxylic acids is 1. The van der Waals surface area contributed by atoms with E-state index < -0.39 is 0 Å². The van der Waals surface area contributed by atoms with Crippen LogP contribution in [0.2, 0.25) is 5.02 Å². The van der Waals surface area contributed by atoms with Gasteiger partial charge >= 0.3 is 0 Å². The second-order valence-corrected chi connectivity index (χ2v) is 4.87. The zero-order valence-corrected chi connectivity index (χ0v) is 11.6. The standard InChI is InChI=1S/C15H15ClN2O/c1-9-3-5-13(16)15(7-9)18-11-4-6-14(17)12(8-11)10(2)19/h3-8,18H,17H2,1-2H3. The van der Waals surface area contributed by atoms with E-state index in [9.17, 15) is 4.79 Å². The quantitative estimate of drug-likeness (QED) is 0.652. The van der Waals surface area contributed by atoms with Gasteiger partial charge in [0.15, 0.2) is 5.78 Å². The molecule has 2 aromatic rings. The van der Waals surface area contributed by atoms with Crippen molar-refractivity contribution in [2.75, 3.05) is 11.1 Å². The Morgan fingerprint density at radius 2 is 1.95 bits per heavy atom. The van der Waals surface area contributed by atoms with Gasteiger partial charge in [0, 0.05) is 16.9 Å². The van der Waals surface area contributed by atoms with Gasteiger partial charge < -0.3 is 11.1 Å². The maximum atomic E-state index is 11.5. The van der Waals surface area contributed by atoms with Crippen molar-refractivity contribution < 1.29 is 4.79 Å². The molecule has 0 aromatic heterocycles. The lowest BCUT2D eigenvalue weighted by Crippen LogP contribution is -2.01. The van der Waals surface area contributed by atoms with Gasteiger partial charge in [0.25, 0.3) is 0 Å². The minimum atomic E-state index is -0.0588. The lowest BCUT2D eigenvalue weighted by atomic mass is 10.1. The van der Waals surface area contributed by atoms with E-state index in [1.807, 2.05) is 31.2 Å². The van der Waals surface area contributed by atoms with E-state index in [1.54, 1.807) is 12.1 Å². The molecule has 4 heteroatoms. The summed E-state index contributed by atoms with van der Waals surface area (Å²) in [7, 11) is 0. The third-order valence-electron chi connectivity index (χ3n) is 2.83. The molecule has 0 atom stereocenters. The fourth-order valence-corrected chi connectivity index (χ4v) is 1.99. The summed E-state index contributed by atoms with van der Waals surface area (Å²) in [6, 6.07) is 11.0. The van der Waals surface area contributed by atoms with E-state index in [0.29, 0.717) is 16.3 Å². The molecule has 0 bridgehead atoms. The molecule has 0 saturated carbocycles. The first kappa shape index (κ1) is 13.4. The molecule has 98 valence electrons. The highest BCUT2D eigenvalue weighted by molar-refractivity contribution is 6.33.